The van der Waals surface area contributed by atoms with Crippen LogP contribution in [0.3, 0.4) is 0 Å². The van der Waals surface area contributed by atoms with Crippen molar-refractivity contribution in [2.45, 2.75) is 0 Å². The van der Waals surface area contributed by atoms with E-state index in [0.29, 0.717) is 21.5 Å². The fraction of sp³-hybridized carbons (Fsp3) is 0. The number of rotatable bonds is 2. The van der Waals surface area contributed by atoms with E-state index in [2.05, 4.69) is 10.2 Å². The van der Waals surface area contributed by atoms with Crippen LogP contribution < -0.4 is 0 Å². The molecule has 0 amide bonds. The number of azo groups is 1. The molecular weight excluding hydrogens is 315 g/mol. The summed E-state index contributed by atoms with van der Waals surface area (Å²) < 4.78 is 0. The minimum Gasteiger partial charge on any atom is -0.148 e. The zero-order valence-corrected chi connectivity index (χ0v) is 13.1. The molecule has 0 spiro atoms. The molecular formula is C18H12Cl2N2. The maximum absolute atomic E-state index is 6.31. The molecule has 0 radical (unpaired) electrons. The minimum atomic E-state index is 0.500. The van der Waals surface area contributed by atoms with Crippen LogP contribution in [0.1, 0.15) is 11.1 Å². The first-order valence-corrected chi connectivity index (χ1v) is 7.51. The molecule has 22 heavy (non-hydrogen) atoms. The monoisotopic (exact) mass is 326 g/mol. The van der Waals surface area contributed by atoms with Crippen molar-refractivity contribution < 1.29 is 0 Å². The van der Waals surface area contributed by atoms with Crippen LogP contribution in [-0.2, 0) is 0 Å². The third-order valence-corrected chi connectivity index (χ3v) is 3.78. The van der Waals surface area contributed by atoms with E-state index < -0.39 is 0 Å². The Labute approximate surface area is 139 Å². The summed E-state index contributed by atoms with van der Waals surface area (Å²) in [6.45, 7) is 0. The molecule has 2 aromatic carbocycles. The van der Waals surface area contributed by atoms with Gasteiger partial charge >= 0.3 is 0 Å². The maximum Gasteiger partial charge on any atom is 0.111 e. The van der Waals surface area contributed by atoms with Crippen molar-refractivity contribution in [1.29, 1.82) is 0 Å². The summed E-state index contributed by atoms with van der Waals surface area (Å²) in [5.41, 5.74) is 3.06. The van der Waals surface area contributed by atoms with Gasteiger partial charge in [0.2, 0.25) is 0 Å². The van der Waals surface area contributed by atoms with Crippen LogP contribution in [0.15, 0.2) is 93.1 Å². The number of benzene rings is 2. The zero-order valence-electron chi connectivity index (χ0n) is 11.6. The highest BCUT2D eigenvalue weighted by atomic mass is 35.5. The first kappa shape index (κ1) is 14.8. The standard InChI is InChI=1S/C18H12Cl2N2/c19-15-11-12-16(20)18(14-9-5-2-6-10-14)22-21-17(15)13-7-3-1-4-8-13/h1-12H. The van der Waals surface area contributed by atoms with E-state index in [1.165, 1.54) is 0 Å². The molecule has 0 N–H and O–H groups in total. The van der Waals surface area contributed by atoms with Gasteiger partial charge in [-0.3, -0.25) is 0 Å². The van der Waals surface area contributed by atoms with Crippen LogP contribution in [-0.4, -0.2) is 0 Å². The maximum atomic E-state index is 6.31. The second-order valence-electron chi connectivity index (χ2n) is 4.66. The lowest BCUT2D eigenvalue weighted by atomic mass is 10.1. The Morgan fingerprint density at radius 3 is 1.27 bits per heavy atom. The van der Waals surface area contributed by atoms with Gasteiger partial charge in [0, 0.05) is 11.1 Å². The third-order valence-electron chi connectivity index (χ3n) is 3.17. The van der Waals surface area contributed by atoms with Gasteiger partial charge in [0.1, 0.15) is 11.4 Å². The lowest BCUT2D eigenvalue weighted by Crippen LogP contribution is -1.88. The fourth-order valence-electron chi connectivity index (χ4n) is 2.08. The average Bonchev–Trinajstić information content (AvgIpc) is 2.57. The van der Waals surface area contributed by atoms with Gasteiger partial charge in [0.05, 0.1) is 10.1 Å². The lowest BCUT2D eigenvalue weighted by molar-refractivity contribution is 1.23. The largest absolute Gasteiger partial charge is 0.148 e. The highest BCUT2D eigenvalue weighted by Crippen LogP contribution is 2.31. The molecule has 0 saturated heterocycles. The summed E-state index contributed by atoms with van der Waals surface area (Å²) in [6, 6.07) is 19.4. The minimum absolute atomic E-state index is 0.500. The summed E-state index contributed by atoms with van der Waals surface area (Å²) in [6.07, 6.45) is 3.49. The molecule has 0 unspecified atom stereocenters. The van der Waals surface area contributed by atoms with Gasteiger partial charge in [-0.2, -0.15) is 0 Å². The van der Waals surface area contributed by atoms with Gasteiger partial charge in [-0.25, -0.2) is 0 Å². The van der Waals surface area contributed by atoms with Gasteiger partial charge in [0.25, 0.3) is 0 Å². The third kappa shape index (κ3) is 3.19. The van der Waals surface area contributed by atoms with E-state index in [0.717, 1.165) is 11.1 Å². The molecule has 4 heteroatoms. The number of hydrogen-bond donors (Lipinski definition) is 0. The Balaban J connectivity index is 2.06. The molecule has 1 heterocycles. The van der Waals surface area contributed by atoms with E-state index in [1.807, 2.05) is 60.7 Å². The van der Waals surface area contributed by atoms with E-state index in [1.54, 1.807) is 12.2 Å². The molecule has 1 aliphatic heterocycles. The normalized spacial score (nSPS) is 15.0. The molecule has 0 aromatic heterocycles. The van der Waals surface area contributed by atoms with Gasteiger partial charge < -0.3 is 0 Å². The molecule has 0 bridgehead atoms. The quantitative estimate of drug-likeness (QED) is 0.625. The van der Waals surface area contributed by atoms with E-state index in [9.17, 15) is 0 Å². The van der Waals surface area contributed by atoms with Crippen LogP contribution in [0.2, 0.25) is 0 Å². The summed E-state index contributed by atoms with van der Waals surface area (Å²) in [5, 5.41) is 9.64. The molecule has 0 atom stereocenters. The van der Waals surface area contributed by atoms with Crippen LogP contribution in [0.5, 0.6) is 0 Å². The Morgan fingerprint density at radius 2 is 0.909 bits per heavy atom. The van der Waals surface area contributed by atoms with Crippen molar-refractivity contribution in [2.75, 3.05) is 0 Å². The molecule has 108 valence electrons. The van der Waals surface area contributed by atoms with Gasteiger partial charge in [-0.05, 0) is 12.2 Å². The van der Waals surface area contributed by atoms with Crippen LogP contribution >= 0.6 is 23.2 Å². The molecule has 0 fully saturated rings. The number of nitrogens with zero attached hydrogens (tertiary/aromatic N) is 2. The molecule has 2 aromatic rings. The number of hydrogen-bond acceptors (Lipinski definition) is 2. The number of halogens is 2. The van der Waals surface area contributed by atoms with Crippen molar-refractivity contribution in [3.63, 3.8) is 0 Å². The second-order valence-corrected chi connectivity index (χ2v) is 5.47. The Morgan fingerprint density at radius 1 is 0.545 bits per heavy atom. The van der Waals surface area contributed by atoms with E-state index in [-0.39, 0.29) is 0 Å². The summed E-state index contributed by atoms with van der Waals surface area (Å²) in [4.78, 5) is 0. The Hall–Kier alpha value is -2.16. The van der Waals surface area contributed by atoms with Crippen molar-refractivity contribution in [3.05, 3.63) is 94.0 Å². The molecule has 2 nitrogen and oxygen atoms in total. The molecule has 3 rings (SSSR count). The van der Waals surface area contributed by atoms with E-state index >= 15 is 0 Å². The highest BCUT2D eigenvalue weighted by molar-refractivity contribution is 6.36. The van der Waals surface area contributed by atoms with Crippen molar-refractivity contribution in [3.8, 4) is 0 Å². The number of allylic oxidation sites excluding steroid dienone is 4. The van der Waals surface area contributed by atoms with Gasteiger partial charge in [0.15, 0.2) is 0 Å². The summed E-state index contributed by atoms with van der Waals surface area (Å²) in [5.74, 6) is 0. The first-order chi connectivity index (χ1) is 10.8. The van der Waals surface area contributed by atoms with Crippen molar-refractivity contribution in [1.82, 2.24) is 0 Å². The topological polar surface area (TPSA) is 24.7 Å². The highest BCUT2D eigenvalue weighted by Gasteiger charge is 2.11. The zero-order chi connectivity index (χ0) is 15.4. The average molecular weight is 327 g/mol. The van der Waals surface area contributed by atoms with Crippen molar-refractivity contribution in [2.24, 2.45) is 10.2 Å². The fourth-order valence-corrected chi connectivity index (χ4v) is 2.50. The van der Waals surface area contributed by atoms with Crippen LogP contribution in [0.25, 0.3) is 11.4 Å². The lowest BCUT2D eigenvalue weighted by Gasteiger charge is -2.08. The molecule has 0 saturated carbocycles. The second kappa shape index (κ2) is 6.73. The van der Waals surface area contributed by atoms with Gasteiger partial charge in [-0.15, -0.1) is 10.2 Å². The van der Waals surface area contributed by atoms with Crippen LogP contribution in [0.4, 0.5) is 0 Å². The van der Waals surface area contributed by atoms with Crippen molar-refractivity contribution >= 4 is 34.6 Å². The van der Waals surface area contributed by atoms with E-state index in [4.69, 9.17) is 23.2 Å². The summed E-state index contributed by atoms with van der Waals surface area (Å²) >= 11 is 12.6. The van der Waals surface area contributed by atoms with Gasteiger partial charge in [-0.1, -0.05) is 83.9 Å². The van der Waals surface area contributed by atoms with Crippen LogP contribution in [0, 0.1) is 0 Å². The molecule has 1 aliphatic rings. The Bertz CT molecular complexity index is 721. The SMILES string of the molecule is ClC1=C(c2ccccc2)N=NC(c2ccccc2)=C(Cl)C=C1. The predicted octanol–water partition coefficient (Wildman–Crippen LogP) is 6.22. The smallest absolute Gasteiger partial charge is 0.111 e. The summed E-state index contributed by atoms with van der Waals surface area (Å²) in [7, 11) is 0. The molecule has 0 aliphatic carbocycles. The first-order valence-electron chi connectivity index (χ1n) is 6.76. The Kier molecular flexibility index (Phi) is 4.52. The predicted molar refractivity (Wildman–Crippen MR) is 92.4 cm³/mol.